The maximum atomic E-state index is 12.8. The van der Waals surface area contributed by atoms with Gasteiger partial charge in [-0.15, -0.1) is 11.3 Å². The van der Waals surface area contributed by atoms with Crippen molar-refractivity contribution in [1.82, 2.24) is 24.8 Å². The number of ether oxygens (including phenoxy) is 1. The Labute approximate surface area is 227 Å². The Kier molecular flexibility index (Phi) is 7.40. The molecule has 5 rings (SSSR count). The lowest BCUT2D eigenvalue weighted by molar-refractivity contribution is -0.127. The second kappa shape index (κ2) is 10.9. The van der Waals surface area contributed by atoms with E-state index in [1.165, 1.54) is 10.4 Å². The predicted octanol–water partition coefficient (Wildman–Crippen LogP) is 5.80. The van der Waals surface area contributed by atoms with Gasteiger partial charge in [0.25, 0.3) is 0 Å². The molecular weight excluding hydrogens is 496 g/mol. The molecule has 1 aliphatic heterocycles. The highest BCUT2D eigenvalue weighted by atomic mass is 32.1. The van der Waals surface area contributed by atoms with Crippen molar-refractivity contribution in [3.63, 3.8) is 0 Å². The van der Waals surface area contributed by atoms with Crippen LogP contribution in [0.3, 0.4) is 0 Å². The van der Waals surface area contributed by atoms with Gasteiger partial charge in [-0.25, -0.2) is 9.97 Å². The summed E-state index contributed by atoms with van der Waals surface area (Å²) in [5, 5.41) is 4.55. The number of hydrogen-bond donors (Lipinski definition) is 1. The zero-order valence-electron chi connectivity index (χ0n) is 22.4. The first kappa shape index (κ1) is 25.8. The molecule has 38 heavy (non-hydrogen) atoms. The summed E-state index contributed by atoms with van der Waals surface area (Å²) < 4.78 is 6.03. The Morgan fingerprint density at radius 1 is 1.21 bits per heavy atom. The average molecular weight is 529 g/mol. The lowest BCUT2D eigenvalue weighted by Gasteiger charge is -2.30. The van der Waals surface area contributed by atoms with Gasteiger partial charge in [-0.3, -0.25) is 9.78 Å². The molecule has 0 bridgehead atoms. The first-order valence-corrected chi connectivity index (χ1v) is 13.4. The van der Waals surface area contributed by atoms with Gasteiger partial charge in [0.1, 0.15) is 28.5 Å². The number of nitrogens with zero attached hydrogens (tertiary/aromatic N) is 5. The third-order valence-electron chi connectivity index (χ3n) is 6.52. The van der Waals surface area contributed by atoms with Crippen LogP contribution in [0.25, 0.3) is 10.2 Å². The number of nitrogens with one attached hydrogen (secondary N) is 1. The minimum Gasteiger partial charge on any atom is -0.455 e. The van der Waals surface area contributed by atoms with Gasteiger partial charge in [-0.2, -0.15) is 0 Å². The van der Waals surface area contributed by atoms with Gasteiger partial charge < -0.3 is 19.9 Å². The number of benzene rings is 1. The lowest BCUT2D eigenvalue weighted by atomic mass is 9.94. The standard InChI is InChI=1S/C29H32N6O2S/c1-18-13-21(9-11-23(18)37-22-10-8-20(3)30-14-22)33-28-27-26-19(2)15-35(25(36)7-6-12-34(4)5)16-24(26)38-29(27)32-17-31-28/h6-11,13-14,17,19H,12,15-16H2,1-5H3,(H,31,32,33)/b7-6+. The fourth-order valence-corrected chi connectivity index (χ4v) is 5.93. The monoisotopic (exact) mass is 528 g/mol. The Morgan fingerprint density at radius 3 is 2.79 bits per heavy atom. The summed E-state index contributed by atoms with van der Waals surface area (Å²) in [6.07, 6.45) is 6.92. The van der Waals surface area contributed by atoms with Gasteiger partial charge in [0, 0.05) is 41.3 Å². The molecular formula is C29H32N6O2S. The van der Waals surface area contributed by atoms with Crippen molar-refractivity contribution in [3.05, 3.63) is 76.7 Å². The summed E-state index contributed by atoms with van der Waals surface area (Å²) in [6.45, 7) is 8.13. The first-order valence-electron chi connectivity index (χ1n) is 12.6. The summed E-state index contributed by atoms with van der Waals surface area (Å²) in [5.41, 5.74) is 4.10. The van der Waals surface area contributed by atoms with Crippen LogP contribution in [0.1, 0.15) is 34.5 Å². The van der Waals surface area contributed by atoms with E-state index >= 15 is 0 Å². The number of amides is 1. The molecule has 1 unspecified atom stereocenters. The Balaban J connectivity index is 1.38. The van der Waals surface area contributed by atoms with E-state index in [0.29, 0.717) is 18.8 Å². The number of hydrogen-bond acceptors (Lipinski definition) is 8. The van der Waals surface area contributed by atoms with Gasteiger partial charge >= 0.3 is 0 Å². The molecule has 0 saturated heterocycles. The van der Waals surface area contributed by atoms with E-state index in [9.17, 15) is 4.79 Å². The van der Waals surface area contributed by atoms with E-state index in [2.05, 4.69) is 27.2 Å². The molecule has 1 aliphatic rings. The second-order valence-electron chi connectivity index (χ2n) is 9.97. The molecule has 3 aromatic heterocycles. The zero-order valence-corrected chi connectivity index (χ0v) is 23.2. The quantitative estimate of drug-likeness (QED) is 0.303. The van der Waals surface area contributed by atoms with Gasteiger partial charge in [-0.1, -0.05) is 13.0 Å². The summed E-state index contributed by atoms with van der Waals surface area (Å²) in [7, 11) is 3.97. The van der Waals surface area contributed by atoms with Crippen molar-refractivity contribution in [1.29, 1.82) is 0 Å². The smallest absolute Gasteiger partial charge is 0.246 e. The molecule has 0 aliphatic carbocycles. The van der Waals surface area contributed by atoms with Crippen LogP contribution < -0.4 is 10.1 Å². The van der Waals surface area contributed by atoms with Crippen LogP contribution in [0, 0.1) is 13.8 Å². The van der Waals surface area contributed by atoms with Gasteiger partial charge in [-0.05, 0) is 69.4 Å². The van der Waals surface area contributed by atoms with E-state index in [4.69, 9.17) is 4.74 Å². The number of pyridine rings is 1. The molecule has 0 spiro atoms. The molecule has 1 N–H and O–H groups in total. The highest BCUT2D eigenvalue weighted by molar-refractivity contribution is 7.19. The van der Waals surface area contributed by atoms with Crippen molar-refractivity contribution in [2.45, 2.75) is 33.2 Å². The van der Waals surface area contributed by atoms with Crippen LogP contribution in [0.4, 0.5) is 11.5 Å². The largest absolute Gasteiger partial charge is 0.455 e. The van der Waals surface area contributed by atoms with E-state index in [1.807, 2.05) is 74.2 Å². The van der Waals surface area contributed by atoms with Crippen molar-refractivity contribution < 1.29 is 9.53 Å². The Morgan fingerprint density at radius 2 is 2.05 bits per heavy atom. The van der Waals surface area contributed by atoms with Crippen molar-refractivity contribution >= 4 is 39.0 Å². The molecule has 0 saturated carbocycles. The molecule has 1 atom stereocenters. The molecule has 1 aromatic carbocycles. The van der Waals surface area contributed by atoms with Gasteiger partial charge in [0.2, 0.25) is 5.91 Å². The average Bonchev–Trinajstić information content (AvgIpc) is 3.27. The molecule has 1 amide bonds. The van der Waals surface area contributed by atoms with Crippen LogP contribution in [0.2, 0.25) is 0 Å². The number of anilines is 2. The molecule has 4 aromatic rings. The number of aromatic nitrogens is 3. The number of likely N-dealkylation sites (N-methyl/N-ethyl adjacent to an activating group) is 1. The van der Waals surface area contributed by atoms with Gasteiger partial charge in [0.15, 0.2) is 0 Å². The van der Waals surface area contributed by atoms with Crippen molar-refractivity contribution in [3.8, 4) is 11.5 Å². The summed E-state index contributed by atoms with van der Waals surface area (Å²) >= 11 is 1.64. The maximum absolute atomic E-state index is 12.8. The SMILES string of the molecule is Cc1ccc(Oc2ccc(Nc3ncnc4sc5c(c34)C(C)CN(C(=O)/C=C/CN(C)C)C5)cc2C)cn1. The van der Waals surface area contributed by atoms with Crippen molar-refractivity contribution in [2.75, 3.05) is 32.5 Å². The lowest BCUT2D eigenvalue weighted by Crippen LogP contribution is -2.36. The first-order chi connectivity index (χ1) is 18.3. The summed E-state index contributed by atoms with van der Waals surface area (Å²) in [5.74, 6) is 2.48. The van der Waals surface area contributed by atoms with Crippen LogP contribution >= 0.6 is 11.3 Å². The second-order valence-corrected chi connectivity index (χ2v) is 11.1. The third kappa shape index (κ3) is 5.54. The van der Waals surface area contributed by atoms with Crippen LogP contribution in [-0.4, -0.2) is 57.8 Å². The predicted molar refractivity (Wildman–Crippen MR) is 152 cm³/mol. The molecule has 4 heterocycles. The number of carbonyl (C=O) groups excluding carboxylic acids is 1. The fourth-order valence-electron chi connectivity index (χ4n) is 4.65. The Bertz CT molecular complexity index is 1500. The highest BCUT2D eigenvalue weighted by Gasteiger charge is 2.30. The number of thiophene rings is 1. The van der Waals surface area contributed by atoms with Crippen LogP contribution in [-0.2, 0) is 11.3 Å². The molecule has 9 heteroatoms. The molecule has 0 radical (unpaired) electrons. The fraction of sp³-hybridized carbons (Fsp3) is 0.310. The van der Waals surface area contributed by atoms with Crippen LogP contribution in [0.5, 0.6) is 11.5 Å². The molecule has 0 fully saturated rings. The minimum absolute atomic E-state index is 0.0467. The third-order valence-corrected chi connectivity index (χ3v) is 7.61. The minimum atomic E-state index is 0.0467. The Hall–Kier alpha value is -3.82. The number of carbonyl (C=O) groups is 1. The van der Waals surface area contributed by atoms with Crippen molar-refractivity contribution in [2.24, 2.45) is 0 Å². The van der Waals surface area contributed by atoms with Gasteiger partial charge in [0.05, 0.1) is 18.1 Å². The summed E-state index contributed by atoms with van der Waals surface area (Å²) in [6, 6.07) is 9.84. The zero-order chi connectivity index (χ0) is 26.8. The van der Waals surface area contributed by atoms with E-state index in [-0.39, 0.29) is 11.8 Å². The van der Waals surface area contributed by atoms with E-state index in [0.717, 1.165) is 45.3 Å². The number of aryl methyl sites for hydroxylation is 2. The number of fused-ring (bicyclic) bond motifs is 3. The maximum Gasteiger partial charge on any atom is 0.246 e. The van der Waals surface area contributed by atoms with E-state index < -0.39 is 0 Å². The summed E-state index contributed by atoms with van der Waals surface area (Å²) in [4.78, 5) is 32.3. The number of rotatable bonds is 7. The normalized spacial score (nSPS) is 15.3. The highest BCUT2D eigenvalue weighted by Crippen LogP contribution is 2.42. The molecule has 196 valence electrons. The molecule has 8 nitrogen and oxygen atoms in total. The van der Waals surface area contributed by atoms with E-state index in [1.54, 1.807) is 29.9 Å². The van der Waals surface area contributed by atoms with Crippen LogP contribution in [0.15, 0.2) is 55.0 Å². The topological polar surface area (TPSA) is 83.5 Å².